The Morgan fingerprint density at radius 2 is 0.944 bits per heavy atom. The van der Waals surface area contributed by atoms with Gasteiger partial charge in [0, 0.05) is 27.6 Å². The van der Waals surface area contributed by atoms with Crippen molar-refractivity contribution in [2.24, 2.45) is 0 Å². The molecule has 0 aliphatic carbocycles. The molecule has 11 aromatic rings. The van der Waals surface area contributed by atoms with E-state index in [0.29, 0.717) is 28.9 Å². The van der Waals surface area contributed by atoms with E-state index in [9.17, 15) is 0 Å². The molecule has 0 atom stereocenters. The van der Waals surface area contributed by atoms with Crippen molar-refractivity contribution >= 4 is 54.6 Å². The second kappa shape index (κ2) is 12.1. The van der Waals surface area contributed by atoms with E-state index in [2.05, 4.69) is 91.0 Å². The average molecular weight is 693 g/mol. The maximum Gasteiger partial charge on any atom is 0.227 e. The Bertz CT molecular complexity index is 3200. The zero-order chi connectivity index (χ0) is 35.6. The van der Waals surface area contributed by atoms with Crippen LogP contribution in [-0.2, 0) is 0 Å². The highest BCUT2D eigenvalue weighted by molar-refractivity contribution is 6.20. The number of oxazole rings is 1. The van der Waals surface area contributed by atoms with Gasteiger partial charge in [0.2, 0.25) is 5.89 Å². The van der Waals surface area contributed by atoms with Crippen LogP contribution in [0, 0.1) is 0 Å². The molecule has 0 aliphatic rings. The summed E-state index contributed by atoms with van der Waals surface area (Å²) in [6.45, 7) is 0. The summed E-state index contributed by atoms with van der Waals surface area (Å²) in [6, 6.07) is 57.8. The molecule has 8 aromatic carbocycles. The Balaban J connectivity index is 1.08. The van der Waals surface area contributed by atoms with Crippen LogP contribution >= 0.6 is 0 Å². The molecule has 0 saturated carbocycles. The summed E-state index contributed by atoms with van der Waals surface area (Å²) in [4.78, 5) is 20.2. The van der Waals surface area contributed by atoms with E-state index in [0.717, 1.165) is 66.0 Å². The largest absolute Gasteiger partial charge is 0.456 e. The SMILES string of the molecule is c1ccc(-c2nc(-c3ccc(-c4cccc5ccccc45)cc3)nc(-c3cccc4cc5oc6ccc7oc(-c8ccccc8)nc7c6c5cc34)n2)cc1. The summed E-state index contributed by atoms with van der Waals surface area (Å²) in [5.41, 5.74) is 8.97. The number of furan rings is 1. The van der Waals surface area contributed by atoms with Gasteiger partial charge in [0.25, 0.3) is 0 Å². The van der Waals surface area contributed by atoms with E-state index in [1.165, 1.54) is 16.3 Å². The van der Waals surface area contributed by atoms with Crippen molar-refractivity contribution in [1.82, 2.24) is 19.9 Å². The number of hydrogen-bond acceptors (Lipinski definition) is 6. The fourth-order valence-corrected chi connectivity index (χ4v) is 7.54. The zero-order valence-corrected chi connectivity index (χ0v) is 28.8. The molecular weight excluding hydrogens is 665 g/mol. The van der Waals surface area contributed by atoms with Crippen LogP contribution in [0.3, 0.4) is 0 Å². The van der Waals surface area contributed by atoms with Gasteiger partial charge in [-0.25, -0.2) is 19.9 Å². The van der Waals surface area contributed by atoms with Gasteiger partial charge < -0.3 is 8.83 Å². The lowest BCUT2D eigenvalue weighted by atomic mass is 9.97. The van der Waals surface area contributed by atoms with Crippen LogP contribution in [0.4, 0.5) is 0 Å². The molecule has 252 valence electrons. The van der Waals surface area contributed by atoms with Gasteiger partial charge in [-0.15, -0.1) is 0 Å². The number of aromatic nitrogens is 4. The standard InChI is InChI=1S/C48H28N4O2/c1-3-12-31(13-4-1)45-50-46(32-23-21-30(22-24-32)36-19-9-16-29-11-7-8-18-35(29)36)52-47(51-45)37-20-10-17-34-27-42-39(28-38(34)37)43-40(53-42)25-26-41-44(43)49-48(54-41)33-14-5-2-6-15-33/h1-28H. The maximum absolute atomic E-state index is 6.43. The van der Waals surface area contributed by atoms with E-state index in [1.54, 1.807) is 0 Å². The first-order chi connectivity index (χ1) is 26.7. The zero-order valence-electron chi connectivity index (χ0n) is 28.8. The molecule has 11 rings (SSSR count). The molecule has 0 radical (unpaired) electrons. The number of benzene rings is 8. The van der Waals surface area contributed by atoms with Crippen molar-refractivity contribution in [3.63, 3.8) is 0 Å². The Labute approximate surface area is 309 Å². The monoisotopic (exact) mass is 692 g/mol. The average Bonchev–Trinajstić information content (AvgIpc) is 3.84. The molecular formula is C48H28N4O2. The van der Waals surface area contributed by atoms with Crippen molar-refractivity contribution < 1.29 is 8.83 Å². The van der Waals surface area contributed by atoms with Crippen LogP contribution in [0.15, 0.2) is 179 Å². The van der Waals surface area contributed by atoms with Crippen molar-refractivity contribution in [3.8, 4) is 56.7 Å². The van der Waals surface area contributed by atoms with Gasteiger partial charge in [-0.2, -0.15) is 0 Å². The minimum Gasteiger partial charge on any atom is -0.456 e. The molecule has 6 heteroatoms. The van der Waals surface area contributed by atoms with E-state index in [4.69, 9.17) is 28.8 Å². The van der Waals surface area contributed by atoms with Gasteiger partial charge in [-0.3, -0.25) is 0 Å². The van der Waals surface area contributed by atoms with Crippen LogP contribution in [0.1, 0.15) is 0 Å². The van der Waals surface area contributed by atoms with Crippen LogP contribution in [-0.4, -0.2) is 19.9 Å². The maximum atomic E-state index is 6.43. The number of nitrogens with zero attached hydrogens (tertiary/aromatic N) is 4. The summed E-state index contributed by atoms with van der Waals surface area (Å²) in [5.74, 6) is 2.38. The lowest BCUT2D eigenvalue weighted by Crippen LogP contribution is -2.00. The first kappa shape index (κ1) is 30.2. The molecule has 0 bridgehead atoms. The predicted octanol–water partition coefficient (Wildman–Crippen LogP) is 12.6. The van der Waals surface area contributed by atoms with Crippen molar-refractivity contribution in [2.45, 2.75) is 0 Å². The van der Waals surface area contributed by atoms with Crippen LogP contribution < -0.4 is 0 Å². The Kier molecular flexibility index (Phi) is 6.75. The van der Waals surface area contributed by atoms with Crippen LogP contribution in [0.25, 0.3) is 111 Å². The smallest absolute Gasteiger partial charge is 0.227 e. The molecule has 0 amide bonds. The van der Waals surface area contributed by atoms with E-state index >= 15 is 0 Å². The Morgan fingerprint density at radius 3 is 1.74 bits per heavy atom. The Hall–Kier alpha value is -7.44. The number of hydrogen-bond donors (Lipinski definition) is 0. The summed E-state index contributed by atoms with van der Waals surface area (Å²) in [6.07, 6.45) is 0. The van der Waals surface area contributed by atoms with Gasteiger partial charge in [0.1, 0.15) is 16.7 Å². The summed E-state index contributed by atoms with van der Waals surface area (Å²) in [5, 5.41) is 6.31. The summed E-state index contributed by atoms with van der Waals surface area (Å²) in [7, 11) is 0. The van der Waals surface area contributed by atoms with Gasteiger partial charge in [-0.05, 0) is 69.1 Å². The third-order valence-electron chi connectivity index (χ3n) is 10.2. The van der Waals surface area contributed by atoms with Gasteiger partial charge in [0.15, 0.2) is 23.1 Å². The molecule has 0 fully saturated rings. The lowest BCUT2D eigenvalue weighted by Gasteiger charge is -2.11. The van der Waals surface area contributed by atoms with Crippen molar-refractivity contribution in [1.29, 1.82) is 0 Å². The van der Waals surface area contributed by atoms with Gasteiger partial charge in [0.05, 0.1) is 5.39 Å². The molecule has 6 nitrogen and oxygen atoms in total. The van der Waals surface area contributed by atoms with Crippen molar-refractivity contribution in [2.75, 3.05) is 0 Å². The highest BCUT2D eigenvalue weighted by Gasteiger charge is 2.20. The number of fused-ring (bicyclic) bond motifs is 7. The van der Waals surface area contributed by atoms with E-state index in [1.807, 2.05) is 78.9 Å². The first-order valence-corrected chi connectivity index (χ1v) is 17.9. The Morgan fingerprint density at radius 1 is 0.333 bits per heavy atom. The van der Waals surface area contributed by atoms with E-state index in [-0.39, 0.29) is 0 Å². The second-order valence-corrected chi connectivity index (χ2v) is 13.4. The molecule has 3 aromatic heterocycles. The lowest BCUT2D eigenvalue weighted by molar-refractivity contribution is 0.619. The molecule has 0 N–H and O–H groups in total. The third-order valence-corrected chi connectivity index (χ3v) is 10.2. The van der Waals surface area contributed by atoms with Crippen molar-refractivity contribution in [3.05, 3.63) is 170 Å². The highest BCUT2D eigenvalue weighted by atomic mass is 16.4. The highest BCUT2D eigenvalue weighted by Crippen LogP contribution is 2.40. The van der Waals surface area contributed by atoms with Crippen LogP contribution in [0.2, 0.25) is 0 Å². The normalized spacial score (nSPS) is 11.7. The predicted molar refractivity (Wildman–Crippen MR) is 217 cm³/mol. The fourth-order valence-electron chi connectivity index (χ4n) is 7.54. The molecule has 0 aliphatic heterocycles. The van der Waals surface area contributed by atoms with Gasteiger partial charge >= 0.3 is 0 Å². The molecule has 0 saturated heterocycles. The molecule has 54 heavy (non-hydrogen) atoms. The summed E-state index contributed by atoms with van der Waals surface area (Å²) >= 11 is 0. The minimum absolute atomic E-state index is 0.574. The second-order valence-electron chi connectivity index (χ2n) is 13.4. The van der Waals surface area contributed by atoms with Gasteiger partial charge in [-0.1, -0.05) is 133 Å². The first-order valence-electron chi connectivity index (χ1n) is 17.9. The minimum atomic E-state index is 0.574. The molecule has 0 spiro atoms. The quantitative estimate of drug-likeness (QED) is 0.179. The fraction of sp³-hybridized carbons (Fsp3) is 0. The summed E-state index contributed by atoms with van der Waals surface area (Å²) < 4.78 is 12.7. The topological polar surface area (TPSA) is 77.8 Å². The number of rotatable bonds is 5. The van der Waals surface area contributed by atoms with Crippen LogP contribution in [0.5, 0.6) is 0 Å². The third kappa shape index (κ3) is 4.96. The van der Waals surface area contributed by atoms with E-state index < -0.39 is 0 Å². The molecule has 3 heterocycles. The molecule has 0 unspecified atom stereocenters.